The Balaban J connectivity index is 1.77. The highest BCUT2D eigenvalue weighted by Crippen LogP contribution is 2.27. The molecule has 2 aromatic carbocycles. The van der Waals surface area contributed by atoms with Gasteiger partial charge in [-0.25, -0.2) is 4.98 Å². The lowest BCUT2D eigenvalue weighted by atomic mass is 10.00. The van der Waals surface area contributed by atoms with Crippen LogP contribution in [-0.4, -0.2) is 36.2 Å². The number of nitrogens with one attached hydrogen (secondary N) is 1. The summed E-state index contributed by atoms with van der Waals surface area (Å²) in [5.41, 5.74) is 2.69. The van der Waals surface area contributed by atoms with Crippen molar-refractivity contribution in [1.29, 1.82) is 0 Å². The second kappa shape index (κ2) is 7.67. The van der Waals surface area contributed by atoms with Crippen LogP contribution in [0.5, 0.6) is 0 Å². The average Bonchev–Trinajstić information content (AvgIpc) is 3.03. The van der Waals surface area contributed by atoms with Crippen molar-refractivity contribution in [1.82, 2.24) is 10.3 Å². The Hall–Kier alpha value is -2.42. The van der Waals surface area contributed by atoms with Crippen LogP contribution in [0.2, 0.25) is 5.02 Å². The lowest BCUT2D eigenvalue weighted by Gasteiger charge is -2.12. The van der Waals surface area contributed by atoms with Crippen LogP contribution in [0, 0.1) is 0 Å². The largest absolute Gasteiger partial charge is 0.436 e. The third-order valence-corrected chi connectivity index (χ3v) is 5.03. The highest BCUT2D eigenvalue weighted by atomic mass is 35.5. The molecule has 1 unspecified atom stereocenters. The fourth-order valence-corrected chi connectivity index (χ4v) is 3.02. The van der Waals surface area contributed by atoms with Crippen LogP contribution in [0.15, 0.2) is 46.9 Å². The number of oxazole rings is 1. The van der Waals surface area contributed by atoms with Gasteiger partial charge < -0.3 is 9.73 Å². The van der Waals surface area contributed by atoms with E-state index >= 15 is 0 Å². The first-order valence-electron chi connectivity index (χ1n) is 8.12. The van der Waals surface area contributed by atoms with E-state index < -0.39 is 21.8 Å². The van der Waals surface area contributed by atoms with Gasteiger partial charge in [-0.3, -0.25) is 9.35 Å². The molecule has 0 aliphatic carbocycles. The highest BCUT2D eigenvalue weighted by Gasteiger charge is 2.18. The fraction of sp³-hybridized carbons (Fsp3) is 0.222. The van der Waals surface area contributed by atoms with Gasteiger partial charge in [0, 0.05) is 17.1 Å². The molecule has 0 radical (unpaired) electrons. The van der Waals surface area contributed by atoms with Gasteiger partial charge in [-0.15, -0.1) is 0 Å². The second-order valence-corrected chi connectivity index (χ2v) is 8.06. The Morgan fingerprint density at radius 1 is 1.26 bits per heavy atom. The summed E-state index contributed by atoms with van der Waals surface area (Å²) in [6.07, 6.45) is 0. The number of hydrogen-bond donors (Lipinski definition) is 2. The van der Waals surface area contributed by atoms with Gasteiger partial charge in [-0.2, -0.15) is 8.42 Å². The van der Waals surface area contributed by atoms with Crippen LogP contribution in [0.25, 0.3) is 22.6 Å². The van der Waals surface area contributed by atoms with Crippen LogP contribution in [0.4, 0.5) is 0 Å². The number of rotatable bonds is 6. The molecule has 7 nitrogen and oxygen atoms in total. The monoisotopic (exact) mass is 408 g/mol. The molecule has 0 fully saturated rings. The predicted molar refractivity (Wildman–Crippen MR) is 102 cm³/mol. The molecular weight excluding hydrogens is 392 g/mol. The van der Waals surface area contributed by atoms with E-state index in [1.54, 1.807) is 49.4 Å². The molecule has 0 spiro atoms. The number of fused-ring (bicyclic) bond motifs is 1. The summed E-state index contributed by atoms with van der Waals surface area (Å²) in [7, 11) is -4.11. The van der Waals surface area contributed by atoms with Crippen molar-refractivity contribution in [3.05, 3.63) is 53.1 Å². The van der Waals surface area contributed by atoms with E-state index in [4.69, 9.17) is 20.6 Å². The first-order chi connectivity index (χ1) is 12.7. The molecule has 3 aromatic rings. The molecule has 27 heavy (non-hydrogen) atoms. The number of nitrogens with zero attached hydrogens (tertiary/aromatic N) is 1. The van der Waals surface area contributed by atoms with E-state index in [0.29, 0.717) is 27.6 Å². The van der Waals surface area contributed by atoms with E-state index in [0.717, 1.165) is 5.56 Å². The highest BCUT2D eigenvalue weighted by molar-refractivity contribution is 7.85. The molecule has 1 aromatic heterocycles. The van der Waals surface area contributed by atoms with Crippen molar-refractivity contribution >= 4 is 38.7 Å². The maximum Gasteiger partial charge on any atom is 0.266 e. The van der Waals surface area contributed by atoms with Crippen molar-refractivity contribution in [2.45, 2.75) is 12.8 Å². The number of halogens is 1. The Morgan fingerprint density at radius 3 is 2.63 bits per heavy atom. The van der Waals surface area contributed by atoms with E-state index in [-0.39, 0.29) is 12.5 Å². The molecule has 1 amide bonds. The van der Waals surface area contributed by atoms with Crippen LogP contribution in [0.1, 0.15) is 18.4 Å². The summed E-state index contributed by atoms with van der Waals surface area (Å²) >= 11 is 5.89. The van der Waals surface area contributed by atoms with E-state index in [2.05, 4.69) is 10.3 Å². The summed E-state index contributed by atoms with van der Waals surface area (Å²) in [6, 6.07) is 12.3. The molecule has 2 N–H and O–H groups in total. The summed E-state index contributed by atoms with van der Waals surface area (Å²) in [5, 5.41) is 3.10. The SMILES string of the molecule is CC(C(=O)NCCS(=O)(=O)O)c1ccc2oc(-c3ccc(Cl)cc3)nc2c1. The Labute approximate surface area is 161 Å². The number of benzene rings is 2. The predicted octanol–water partition coefficient (Wildman–Crippen LogP) is 3.26. The molecule has 0 bridgehead atoms. The van der Waals surface area contributed by atoms with Gasteiger partial charge >= 0.3 is 0 Å². The molecule has 142 valence electrons. The minimum atomic E-state index is -4.11. The standard InChI is InChI=1S/C18H17ClN2O5S/c1-11(17(22)20-8-9-27(23,24)25)13-4-7-16-15(10-13)21-18(26-16)12-2-5-14(19)6-3-12/h2-7,10-11H,8-9H2,1H3,(H,20,22)(H,23,24,25). The molecule has 0 aliphatic heterocycles. The summed E-state index contributed by atoms with van der Waals surface area (Å²) in [5.74, 6) is -0.951. The van der Waals surface area contributed by atoms with Crippen molar-refractivity contribution in [3.63, 3.8) is 0 Å². The molecule has 9 heteroatoms. The van der Waals surface area contributed by atoms with Gasteiger partial charge in [-0.05, 0) is 48.9 Å². The first kappa shape index (κ1) is 19.3. The molecule has 1 heterocycles. The number of carbonyl (C=O) groups is 1. The van der Waals surface area contributed by atoms with Gasteiger partial charge in [0.1, 0.15) is 5.52 Å². The van der Waals surface area contributed by atoms with Crippen molar-refractivity contribution in [2.24, 2.45) is 0 Å². The molecule has 0 aliphatic rings. The first-order valence-corrected chi connectivity index (χ1v) is 10.1. The van der Waals surface area contributed by atoms with Gasteiger partial charge in [-0.1, -0.05) is 17.7 Å². The van der Waals surface area contributed by atoms with Crippen molar-refractivity contribution < 1.29 is 22.2 Å². The van der Waals surface area contributed by atoms with Crippen molar-refractivity contribution in [3.8, 4) is 11.5 Å². The number of hydrogen-bond acceptors (Lipinski definition) is 5. The average molecular weight is 409 g/mol. The smallest absolute Gasteiger partial charge is 0.266 e. The Kier molecular flexibility index (Phi) is 5.50. The summed E-state index contributed by atoms with van der Waals surface area (Å²) in [4.78, 5) is 16.6. The molecule has 3 rings (SSSR count). The van der Waals surface area contributed by atoms with Crippen LogP contribution < -0.4 is 5.32 Å². The summed E-state index contributed by atoms with van der Waals surface area (Å²) < 4.78 is 35.9. The number of aromatic nitrogens is 1. The van der Waals surface area contributed by atoms with Gasteiger partial charge in [0.05, 0.1) is 11.7 Å². The Bertz CT molecular complexity index is 1080. The molecule has 0 saturated heterocycles. The number of amides is 1. The minimum Gasteiger partial charge on any atom is -0.436 e. The topological polar surface area (TPSA) is 110 Å². The maximum absolute atomic E-state index is 12.2. The normalized spacial score (nSPS) is 12.9. The third-order valence-electron chi connectivity index (χ3n) is 4.06. The van der Waals surface area contributed by atoms with Gasteiger partial charge in [0.25, 0.3) is 10.1 Å². The van der Waals surface area contributed by atoms with Gasteiger partial charge in [0.15, 0.2) is 5.58 Å². The number of carbonyl (C=O) groups excluding carboxylic acids is 1. The maximum atomic E-state index is 12.2. The molecule has 1 atom stereocenters. The quantitative estimate of drug-likeness (QED) is 0.606. The minimum absolute atomic E-state index is 0.158. The van der Waals surface area contributed by atoms with Crippen LogP contribution >= 0.6 is 11.6 Å². The lowest BCUT2D eigenvalue weighted by molar-refractivity contribution is -0.122. The van der Waals surface area contributed by atoms with E-state index in [1.807, 2.05) is 0 Å². The lowest BCUT2D eigenvalue weighted by Crippen LogP contribution is -2.32. The second-order valence-electron chi connectivity index (χ2n) is 6.05. The van der Waals surface area contributed by atoms with Gasteiger partial charge in [0.2, 0.25) is 11.8 Å². The van der Waals surface area contributed by atoms with Crippen LogP contribution in [0.3, 0.4) is 0 Å². The zero-order chi connectivity index (χ0) is 19.6. The van der Waals surface area contributed by atoms with Crippen molar-refractivity contribution in [2.75, 3.05) is 12.3 Å². The zero-order valence-electron chi connectivity index (χ0n) is 14.3. The third kappa shape index (κ3) is 4.85. The summed E-state index contributed by atoms with van der Waals surface area (Å²) in [6.45, 7) is 1.54. The van der Waals surface area contributed by atoms with Crippen LogP contribution in [-0.2, 0) is 14.9 Å². The molecule has 0 saturated carbocycles. The van der Waals surface area contributed by atoms with E-state index in [9.17, 15) is 13.2 Å². The fourth-order valence-electron chi connectivity index (χ4n) is 2.54. The Morgan fingerprint density at radius 2 is 1.96 bits per heavy atom. The molecular formula is C18H17ClN2O5S. The van der Waals surface area contributed by atoms with E-state index in [1.165, 1.54) is 0 Å². The zero-order valence-corrected chi connectivity index (χ0v) is 15.9.